The summed E-state index contributed by atoms with van der Waals surface area (Å²) in [5.74, 6) is 0. The fraction of sp³-hybridized carbons (Fsp3) is 0.333. The van der Waals surface area contributed by atoms with E-state index in [1.54, 1.807) is 12.5 Å². The molecule has 1 rings (SSSR count). The first-order valence-electron chi connectivity index (χ1n) is 3.76. The Bertz CT molecular complexity index is 203. The van der Waals surface area contributed by atoms with Crippen LogP contribution in [0.15, 0.2) is 35.7 Å². The predicted molar refractivity (Wildman–Crippen MR) is 45.3 cm³/mol. The van der Waals surface area contributed by atoms with Gasteiger partial charge in [0.1, 0.15) is 0 Å². The molecule has 0 aromatic carbocycles. The van der Waals surface area contributed by atoms with Gasteiger partial charge in [0, 0.05) is 5.56 Å². The Morgan fingerprint density at radius 3 is 3.09 bits per heavy atom. The van der Waals surface area contributed by atoms with Gasteiger partial charge in [-0.15, -0.1) is 6.58 Å². The summed E-state index contributed by atoms with van der Waals surface area (Å²) in [5, 5.41) is 3.26. The Morgan fingerprint density at radius 1 is 1.82 bits per heavy atom. The number of hydrogen-bond donors (Lipinski definition) is 1. The van der Waals surface area contributed by atoms with Gasteiger partial charge in [0.25, 0.3) is 0 Å². The van der Waals surface area contributed by atoms with Crippen molar-refractivity contribution in [2.45, 2.75) is 13.0 Å². The third-order valence-electron chi connectivity index (χ3n) is 1.56. The van der Waals surface area contributed by atoms with E-state index in [1.165, 1.54) is 0 Å². The molecule has 0 saturated carbocycles. The fourth-order valence-corrected chi connectivity index (χ4v) is 1.01. The van der Waals surface area contributed by atoms with Crippen LogP contribution in [0.3, 0.4) is 0 Å². The van der Waals surface area contributed by atoms with E-state index in [4.69, 9.17) is 4.42 Å². The van der Waals surface area contributed by atoms with Crippen LogP contribution in [0.4, 0.5) is 0 Å². The zero-order valence-corrected chi connectivity index (χ0v) is 6.71. The maximum absolute atomic E-state index is 4.96. The molecule has 0 fully saturated rings. The van der Waals surface area contributed by atoms with Gasteiger partial charge in [-0.2, -0.15) is 0 Å². The molecule has 60 valence electrons. The zero-order chi connectivity index (χ0) is 8.10. The largest absolute Gasteiger partial charge is 0.472 e. The summed E-state index contributed by atoms with van der Waals surface area (Å²) in [7, 11) is 0. The molecule has 1 aromatic heterocycles. The summed E-state index contributed by atoms with van der Waals surface area (Å²) in [6.45, 7) is 6.73. The molecule has 1 unspecified atom stereocenters. The molecular formula is C9H13NO. The molecule has 2 heteroatoms. The number of rotatable bonds is 4. The van der Waals surface area contributed by atoms with E-state index in [0.29, 0.717) is 0 Å². The van der Waals surface area contributed by atoms with Crippen LogP contribution < -0.4 is 5.32 Å². The molecule has 1 N–H and O–H groups in total. The summed E-state index contributed by atoms with van der Waals surface area (Å²) in [6.07, 6.45) is 5.27. The summed E-state index contributed by atoms with van der Waals surface area (Å²) in [6, 6.07) is 2.16. The van der Waals surface area contributed by atoms with Gasteiger partial charge in [0.2, 0.25) is 0 Å². The second-order valence-electron chi connectivity index (χ2n) is 2.33. The second kappa shape index (κ2) is 3.98. The zero-order valence-electron chi connectivity index (χ0n) is 6.71. The van der Waals surface area contributed by atoms with Crippen molar-refractivity contribution >= 4 is 0 Å². The van der Waals surface area contributed by atoms with Crippen molar-refractivity contribution in [2.24, 2.45) is 0 Å². The Hall–Kier alpha value is -1.02. The molecule has 0 radical (unpaired) electrons. The molecule has 1 heterocycles. The molecule has 0 saturated heterocycles. The van der Waals surface area contributed by atoms with Crippen LogP contribution in [0.2, 0.25) is 0 Å². The second-order valence-corrected chi connectivity index (χ2v) is 2.33. The van der Waals surface area contributed by atoms with Crippen LogP contribution in [0, 0.1) is 0 Å². The maximum atomic E-state index is 4.96. The van der Waals surface area contributed by atoms with Crippen LogP contribution in [0.5, 0.6) is 0 Å². The maximum Gasteiger partial charge on any atom is 0.0953 e. The standard InChI is InChI=1S/C9H13NO/c1-3-9(10-4-2)8-5-6-11-7-8/h3,5-7,9-10H,1,4H2,2H3. The molecular weight excluding hydrogens is 138 g/mol. The van der Waals surface area contributed by atoms with E-state index in [0.717, 1.165) is 12.1 Å². The van der Waals surface area contributed by atoms with Crippen molar-refractivity contribution in [3.8, 4) is 0 Å². The monoisotopic (exact) mass is 151 g/mol. The lowest BCUT2D eigenvalue weighted by atomic mass is 10.1. The first-order chi connectivity index (χ1) is 5.38. The van der Waals surface area contributed by atoms with Crippen molar-refractivity contribution in [1.82, 2.24) is 5.32 Å². The van der Waals surface area contributed by atoms with Crippen molar-refractivity contribution in [2.75, 3.05) is 6.54 Å². The molecule has 0 aliphatic heterocycles. The van der Waals surface area contributed by atoms with E-state index in [2.05, 4.69) is 18.8 Å². The molecule has 1 aromatic rings. The molecule has 0 bridgehead atoms. The summed E-state index contributed by atoms with van der Waals surface area (Å²) < 4.78 is 4.96. The van der Waals surface area contributed by atoms with Gasteiger partial charge in [-0.1, -0.05) is 13.0 Å². The molecule has 0 aliphatic rings. The molecule has 1 atom stereocenters. The van der Waals surface area contributed by atoms with E-state index >= 15 is 0 Å². The Balaban J connectivity index is 2.63. The Morgan fingerprint density at radius 2 is 2.64 bits per heavy atom. The SMILES string of the molecule is C=CC(NCC)c1ccoc1. The molecule has 11 heavy (non-hydrogen) atoms. The predicted octanol–water partition coefficient (Wildman–Crippen LogP) is 2.12. The van der Waals surface area contributed by atoms with Crippen LogP contribution in [-0.2, 0) is 0 Å². The Labute approximate surface area is 66.9 Å². The number of hydrogen-bond acceptors (Lipinski definition) is 2. The molecule has 0 spiro atoms. The molecule has 2 nitrogen and oxygen atoms in total. The van der Waals surface area contributed by atoms with Gasteiger partial charge >= 0.3 is 0 Å². The van der Waals surface area contributed by atoms with Crippen LogP contribution >= 0.6 is 0 Å². The topological polar surface area (TPSA) is 25.2 Å². The number of furan rings is 1. The minimum absolute atomic E-state index is 0.221. The van der Waals surface area contributed by atoms with Gasteiger partial charge in [-0.05, 0) is 12.6 Å². The highest BCUT2D eigenvalue weighted by atomic mass is 16.3. The van der Waals surface area contributed by atoms with Gasteiger partial charge in [-0.25, -0.2) is 0 Å². The highest BCUT2D eigenvalue weighted by Gasteiger charge is 2.04. The molecule has 0 amide bonds. The highest BCUT2D eigenvalue weighted by Crippen LogP contribution is 2.13. The van der Waals surface area contributed by atoms with Crippen molar-refractivity contribution in [1.29, 1.82) is 0 Å². The fourth-order valence-electron chi connectivity index (χ4n) is 1.01. The quantitative estimate of drug-likeness (QED) is 0.667. The summed E-state index contributed by atoms with van der Waals surface area (Å²) in [5.41, 5.74) is 1.13. The highest BCUT2D eigenvalue weighted by molar-refractivity contribution is 5.16. The van der Waals surface area contributed by atoms with Crippen molar-refractivity contribution in [3.63, 3.8) is 0 Å². The number of likely N-dealkylation sites (N-methyl/N-ethyl adjacent to an activating group) is 1. The lowest BCUT2D eigenvalue weighted by Crippen LogP contribution is -2.17. The number of nitrogens with one attached hydrogen (secondary N) is 1. The summed E-state index contributed by atoms with van der Waals surface area (Å²) in [4.78, 5) is 0. The third kappa shape index (κ3) is 1.95. The van der Waals surface area contributed by atoms with E-state index in [9.17, 15) is 0 Å². The van der Waals surface area contributed by atoms with Gasteiger partial charge in [0.05, 0.1) is 18.6 Å². The minimum Gasteiger partial charge on any atom is -0.472 e. The van der Waals surface area contributed by atoms with Gasteiger partial charge < -0.3 is 9.73 Å². The first-order valence-corrected chi connectivity index (χ1v) is 3.76. The van der Waals surface area contributed by atoms with Crippen LogP contribution in [-0.4, -0.2) is 6.54 Å². The van der Waals surface area contributed by atoms with Crippen LogP contribution in [0.1, 0.15) is 18.5 Å². The van der Waals surface area contributed by atoms with Gasteiger partial charge in [-0.3, -0.25) is 0 Å². The average molecular weight is 151 g/mol. The van der Waals surface area contributed by atoms with Crippen molar-refractivity contribution < 1.29 is 4.42 Å². The van der Waals surface area contributed by atoms with E-state index in [1.807, 2.05) is 12.1 Å². The lowest BCUT2D eigenvalue weighted by Gasteiger charge is -2.09. The molecule has 0 aliphatic carbocycles. The first kappa shape index (κ1) is 8.08. The Kier molecular flexibility index (Phi) is 2.93. The van der Waals surface area contributed by atoms with Gasteiger partial charge in [0.15, 0.2) is 0 Å². The van der Waals surface area contributed by atoms with E-state index in [-0.39, 0.29) is 6.04 Å². The minimum atomic E-state index is 0.221. The lowest BCUT2D eigenvalue weighted by molar-refractivity contribution is 0.555. The van der Waals surface area contributed by atoms with Crippen molar-refractivity contribution in [3.05, 3.63) is 36.8 Å². The summed E-state index contributed by atoms with van der Waals surface area (Å²) >= 11 is 0. The average Bonchev–Trinajstić information content (AvgIpc) is 2.52. The van der Waals surface area contributed by atoms with E-state index < -0.39 is 0 Å². The third-order valence-corrected chi connectivity index (χ3v) is 1.56. The van der Waals surface area contributed by atoms with Crippen LogP contribution in [0.25, 0.3) is 0 Å². The smallest absolute Gasteiger partial charge is 0.0953 e. The normalized spacial score (nSPS) is 12.8.